The topological polar surface area (TPSA) is 73.6 Å². The maximum Gasteiger partial charge on any atom is 0.223 e. The smallest absolute Gasteiger partial charge is 0.223 e. The van der Waals surface area contributed by atoms with Crippen molar-refractivity contribution < 1.29 is 14.3 Å². The Morgan fingerprint density at radius 2 is 2.05 bits per heavy atom. The van der Waals surface area contributed by atoms with Gasteiger partial charge in [-0.2, -0.15) is 0 Å². The van der Waals surface area contributed by atoms with Crippen LogP contribution in [0.3, 0.4) is 0 Å². The van der Waals surface area contributed by atoms with Gasteiger partial charge < -0.3 is 20.5 Å². The molecule has 1 rings (SSSR count). The molecule has 1 aromatic carbocycles. The summed E-state index contributed by atoms with van der Waals surface area (Å²) in [5.41, 5.74) is 6.44. The third-order valence-corrected chi connectivity index (χ3v) is 2.99. The van der Waals surface area contributed by atoms with E-state index in [1.54, 1.807) is 14.2 Å². The Kier molecular flexibility index (Phi) is 6.32. The van der Waals surface area contributed by atoms with Crippen LogP contribution < -0.4 is 15.8 Å². The summed E-state index contributed by atoms with van der Waals surface area (Å²) in [6.45, 7) is 2.24. The number of methoxy groups -OCH3 is 2. The molecule has 0 aromatic heterocycles. The number of hydrogen-bond acceptors (Lipinski definition) is 4. The predicted molar refractivity (Wildman–Crippen MR) is 74.0 cm³/mol. The van der Waals surface area contributed by atoms with Crippen LogP contribution in [0.5, 0.6) is 5.75 Å². The van der Waals surface area contributed by atoms with Crippen molar-refractivity contribution in [3.63, 3.8) is 0 Å². The van der Waals surface area contributed by atoms with Crippen molar-refractivity contribution in [2.75, 3.05) is 20.8 Å². The molecule has 0 aliphatic carbocycles. The van der Waals surface area contributed by atoms with Gasteiger partial charge in [-0.3, -0.25) is 4.79 Å². The quantitative estimate of drug-likeness (QED) is 0.778. The van der Waals surface area contributed by atoms with Gasteiger partial charge in [-0.15, -0.1) is 0 Å². The third kappa shape index (κ3) is 4.54. The van der Waals surface area contributed by atoms with Gasteiger partial charge in [0.1, 0.15) is 5.75 Å². The molecule has 0 radical (unpaired) electrons. The van der Waals surface area contributed by atoms with Gasteiger partial charge in [0.2, 0.25) is 5.91 Å². The van der Waals surface area contributed by atoms with Crippen molar-refractivity contribution in [1.82, 2.24) is 5.32 Å². The average molecular weight is 266 g/mol. The zero-order valence-corrected chi connectivity index (χ0v) is 11.7. The minimum atomic E-state index is -0.245. The zero-order chi connectivity index (χ0) is 14.3. The minimum Gasteiger partial charge on any atom is -0.496 e. The molecular formula is C14H22N2O3. The van der Waals surface area contributed by atoms with Gasteiger partial charge in [0, 0.05) is 19.2 Å². The summed E-state index contributed by atoms with van der Waals surface area (Å²) in [4.78, 5) is 11.9. The van der Waals surface area contributed by atoms with Crippen molar-refractivity contribution in [3.8, 4) is 5.75 Å². The third-order valence-electron chi connectivity index (χ3n) is 2.99. The van der Waals surface area contributed by atoms with Crippen LogP contribution in [-0.4, -0.2) is 32.8 Å². The van der Waals surface area contributed by atoms with Crippen LogP contribution in [-0.2, 0) is 9.53 Å². The second-order valence-corrected chi connectivity index (χ2v) is 4.33. The van der Waals surface area contributed by atoms with Gasteiger partial charge >= 0.3 is 0 Å². The first-order valence-electron chi connectivity index (χ1n) is 6.27. The number of ether oxygens (including phenoxy) is 2. The number of benzene rings is 1. The van der Waals surface area contributed by atoms with E-state index in [1.807, 2.05) is 31.2 Å². The number of hydrogen-bond donors (Lipinski definition) is 2. The molecule has 0 aliphatic rings. The second-order valence-electron chi connectivity index (χ2n) is 4.33. The Bertz CT molecular complexity index is 405. The fourth-order valence-corrected chi connectivity index (χ4v) is 1.87. The normalized spacial score (nSPS) is 13.7. The number of carbonyl (C=O) groups is 1. The van der Waals surface area contributed by atoms with Crippen LogP contribution in [0.15, 0.2) is 24.3 Å². The van der Waals surface area contributed by atoms with Crippen molar-refractivity contribution in [2.45, 2.75) is 25.5 Å². The first kappa shape index (κ1) is 15.5. The average Bonchev–Trinajstić information content (AvgIpc) is 2.44. The number of nitrogens with one attached hydrogen (secondary N) is 1. The molecule has 0 aliphatic heterocycles. The molecule has 3 N–H and O–H groups in total. The molecule has 5 nitrogen and oxygen atoms in total. The number of amides is 1. The minimum absolute atomic E-state index is 0.0873. The molecular weight excluding hydrogens is 244 g/mol. The summed E-state index contributed by atoms with van der Waals surface area (Å²) in [6, 6.07) is 7.49. The molecule has 0 saturated carbocycles. The van der Waals surface area contributed by atoms with E-state index in [1.165, 1.54) is 0 Å². The van der Waals surface area contributed by atoms with Crippen molar-refractivity contribution in [1.29, 1.82) is 0 Å². The zero-order valence-electron chi connectivity index (χ0n) is 11.7. The molecule has 0 spiro atoms. The van der Waals surface area contributed by atoms with Gasteiger partial charge in [-0.25, -0.2) is 0 Å². The van der Waals surface area contributed by atoms with E-state index < -0.39 is 0 Å². The van der Waals surface area contributed by atoms with E-state index >= 15 is 0 Å². The predicted octanol–water partition coefficient (Wildman–Crippen LogP) is 1.24. The monoisotopic (exact) mass is 266 g/mol. The highest BCUT2D eigenvalue weighted by molar-refractivity contribution is 5.77. The van der Waals surface area contributed by atoms with Gasteiger partial charge in [-0.05, 0) is 13.0 Å². The SMILES string of the molecule is COc1ccccc1[C@@H](C)NC(=O)CC(CN)OC. The van der Waals surface area contributed by atoms with Crippen molar-refractivity contribution in [3.05, 3.63) is 29.8 Å². The summed E-state index contributed by atoms with van der Waals surface area (Å²) < 4.78 is 10.4. The molecule has 0 heterocycles. The van der Waals surface area contributed by atoms with Gasteiger partial charge in [0.25, 0.3) is 0 Å². The largest absolute Gasteiger partial charge is 0.496 e. The summed E-state index contributed by atoms with van der Waals surface area (Å²) >= 11 is 0. The highest BCUT2D eigenvalue weighted by Crippen LogP contribution is 2.24. The van der Waals surface area contributed by atoms with Crippen molar-refractivity contribution >= 4 is 5.91 Å². The van der Waals surface area contributed by atoms with E-state index in [9.17, 15) is 4.79 Å². The van der Waals surface area contributed by atoms with Crippen LogP contribution in [0, 0.1) is 0 Å². The van der Waals surface area contributed by atoms with Gasteiger partial charge in [0.05, 0.1) is 25.7 Å². The molecule has 0 bridgehead atoms. The number of para-hydroxylation sites is 1. The molecule has 19 heavy (non-hydrogen) atoms. The summed E-state index contributed by atoms with van der Waals surface area (Å²) in [5.74, 6) is 0.674. The lowest BCUT2D eigenvalue weighted by atomic mass is 10.1. The van der Waals surface area contributed by atoms with Crippen LogP contribution in [0.4, 0.5) is 0 Å². The molecule has 0 fully saturated rings. The fraction of sp³-hybridized carbons (Fsp3) is 0.500. The molecule has 106 valence electrons. The lowest BCUT2D eigenvalue weighted by molar-refractivity contribution is -0.124. The van der Waals surface area contributed by atoms with E-state index in [4.69, 9.17) is 15.2 Å². The maximum atomic E-state index is 11.9. The number of nitrogens with two attached hydrogens (primary N) is 1. The van der Waals surface area contributed by atoms with Gasteiger partial charge in [0.15, 0.2) is 0 Å². The Morgan fingerprint density at radius 3 is 2.63 bits per heavy atom. The maximum absolute atomic E-state index is 11.9. The van der Waals surface area contributed by atoms with Crippen LogP contribution in [0.25, 0.3) is 0 Å². The summed E-state index contributed by atoms with van der Waals surface area (Å²) in [5, 5.41) is 2.92. The van der Waals surface area contributed by atoms with Crippen molar-refractivity contribution in [2.24, 2.45) is 5.73 Å². The number of carbonyl (C=O) groups excluding carboxylic acids is 1. The van der Waals surface area contributed by atoms with E-state index in [0.29, 0.717) is 6.54 Å². The second kappa shape index (κ2) is 7.76. The molecule has 2 atom stereocenters. The summed E-state index contributed by atoms with van der Waals surface area (Å²) in [7, 11) is 3.16. The first-order chi connectivity index (χ1) is 9.12. The highest BCUT2D eigenvalue weighted by Gasteiger charge is 2.16. The number of rotatable bonds is 7. The van der Waals surface area contributed by atoms with Crippen LogP contribution >= 0.6 is 0 Å². The highest BCUT2D eigenvalue weighted by atomic mass is 16.5. The molecule has 1 amide bonds. The van der Waals surface area contributed by atoms with Crippen LogP contribution in [0.1, 0.15) is 24.9 Å². The van der Waals surface area contributed by atoms with Gasteiger partial charge in [-0.1, -0.05) is 18.2 Å². The van der Waals surface area contributed by atoms with E-state index in [-0.39, 0.29) is 24.5 Å². The molecule has 5 heteroatoms. The van der Waals surface area contributed by atoms with E-state index in [0.717, 1.165) is 11.3 Å². The molecule has 1 unspecified atom stereocenters. The lowest BCUT2D eigenvalue weighted by Crippen LogP contribution is -2.33. The fourth-order valence-electron chi connectivity index (χ4n) is 1.87. The standard InChI is InChI=1S/C14H22N2O3/c1-10(12-6-4-5-7-13(12)19-3)16-14(17)8-11(9-15)18-2/h4-7,10-11H,8-9,15H2,1-3H3,(H,16,17)/t10-,11?/m1/s1. The van der Waals surface area contributed by atoms with E-state index in [2.05, 4.69) is 5.32 Å². The Hall–Kier alpha value is -1.59. The molecule has 1 aromatic rings. The first-order valence-corrected chi connectivity index (χ1v) is 6.27. The van der Waals surface area contributed by atoms with Crippen LogP contribution in [0.2, 0.25) is 0 Å². The Labute approximate surface area is 114 Å². The lowest BCUT2D eigenvalue weighted by Gasteiger charge is -2.19. The Morgan fingerprint density at radius 1 is 1.37 bits per heavy atom. The molecule has 0 saturated heterocycles. The summed E-state index contributed by atoms with van der Waals surface area (Å²) in [6.07, 6.45) is 0.0109. The Balaban J connectivity index is 2.63.